The van der Waals surface area contributed by atoms with Crippen LogP contribution >= 0.6 is 0 Å². The number of alkyl halides is 3. The minimum atomic E-state index is -4.66. The second-order valence-corrected chi connectivity index (χ2v) is 8.65. The lowest BCUT2D eigenvalue weighted by molar-refractivity contribution is -0.153. The molecule has 8 nitrogen and oxygen atoms in total. The predicted octanol–water partition coefficient (Wildman–Crippen LogP) is 4.80. The van der Waals surface area contributed by atoms with Gasteiger partial charge in [0.1, 0.15) is 17.9 Å². The predicted molar refractivity (Wildman–Crippen MR) is 131 cm³/mol. The van der Waals surface area contributed by atoms with Gasteiger partial charge < -0.3 is 19.1 Å². The summed E-state index contributed by atoms with van der Waals surface area (Å²) in [5.74, 6) is -4.61. The van der Waals surface area contributed by atoms with Crippen molar-refractivity contribution in [2.45, 2.75) is 32.0 Å². The molecule has 3 atom stereocenters. The Labute approximate surface area is 217 Å². The van der Waals surface area contributed by atoms with Crippen LogP contribution in [0.15, 0.2) is 59.8 Å². The van der Waals surface area contributed by atoms with Gasteiger partial charge in [0.25, 0.3) is 0 Å². The van der Waals surface area contributed by atoms with Gasteiger partial charge in [-0.2, -0.15) is 18.4 Å². The first-order valence-electron chi connectivity index (χ1n) is 11.5. The lowest BCUT2D eigenvalue weighted by Gasteiger charge is -2.41. The molecule has 1 aliphatic heterocycles. The fourth-order valence-corrected chi connectivity index (χ4v) is 4.44. The molecule has 0 spiro atoms. The third kappa shape index (κ3) is 5.70. The number of rotatable bonds is 7. The van der Waals surface area contributed by atoms with Crippen LogP contribution in [-0.2, 0) is 30.0 Å². The van der Waals surface area contributed by atoms with Crippen molar-refractivity contribution in [1.82, 2.24) is 0 Å². The van der Waals surface area contributed by atoms with Gasteiger partial charge in [-0.05, 0) is 49.7 Å². The molecule has 0 aromatic heterocycles. The smallest absolute Gasteiger partial charge is 0.416 e. The zero-order valence-electron chi connectivity index (χ0n) is 21.1. The summed E-state index contributed by atoms with van der Waals surface area (Å²) in [5.41, 5.74) is -0.199. The van der Waals surface area contributed by atoms with E-state index in [1.165, 1.54) is 38.3 Å². The number of nitrogens with zero attached hydrogens (tertiary/aromatic N) is 2. The molecule has 11 heteroatoms. The van der Waals surface area contributed by atoms with Gasteiger partial charge in [-0.15, -0.1) is 0 Å². The van der Waals surface area contributed by atoms with E-state index in [9.17, 15) is 28.0 Å². The lowest BCUT2D eigenvalue weighted by atomic mass is 9.75. The molecule has 2 aromatic carbocycles. The summed E-state index contributed by atoms with van der Waals surface area (Å²) in [6.07, 6.45) is -5.37. The number of halogens is 3. The van der Waals surface area contributed by atoms with Crippen LogP contribution in [0, 0.1) is 22.7 Å². The molecule has 0 saturated heterocycles. The van der Waals surface area contributed by atoms with E-state index in [4.69, 9.17) is 19.6 Å². The first kappa shape index (κ1) is 28.4. The maximum absolute atomic E-state index is 13.5. The Morgan fingerprint density at radius 3 is 2.37 bits per heavy atom. The van der Waals surface area contributed by atoms with Gasteiger partial charge in [0.2, 0.25) is 0 Å². The van der Waals surface area contributed by atoms with Crippen molar-refractivity contribution in [3.05, 3.63) is 76.5 Å². The number of methoxy groups -OCH3 is 2. The summed E-state index contributed by atoms with van der Waals surface area (Å²) in [6, 6.07) is 12.3. The van der Waals surface area contributed by atoms with Gasteiger partial charge in [-0.1, -0.05) is 18.2 Å². The Morgan fingerprint density at radius 2 is 1.82 bits per heavy atom. The van der Waals surface area contributed by atoms with Gasteiger partial charge in [-0.3, -0.25) is 10.2 Å². The van der Waals surface area contributed by atoms with Crippen molar-refractivity contribution >= 4 is 23.5 Å². The molecule has 2 aromatic rings. The van der Waals surface area contributed by atoms with E-state index in [-0.39, 0.29) is 23.6 Å². The molecule has 3 unspecified atom stereocenters. The zero-order chi connectivity index (χ0) is 28.2. The molecular weight excluding hydrogens is 503 g/mol. The third-order valence-corrected chi connectivity index (χ3v) is 6.11. The number of carbonyl (C=O) groups is 2. The Hall–Kier alpha value is -4.17. The topological polar surface area (TPSA) is 113 Å². The van der Waals surface area contributed by atoms with Crippen LogP contribution < -0.4 is 4.90 Å². The molecule has 0 saturated carbocycles. The number of nitriles is 1. The molecule has 0 fully saturated rings. The number of hydrogen-bond donors (Lipinski definition) is 1. The number of nitrogens with one attached hydrogen (secondary N) is 1. The quantitative estimate of drug-likeness (QED) is 0.513. The third-order valence-electron chi connectivity index (χ3n) is 6.11. The van der Waals surface area contributed by atoms with E-state index < -0.39 is 47.5 Å². The van der Waals surface area contributed by atoms with Crippen LogP contribution in [0.2, 0.25) is 0 Å². The number of carbonyl (C=O) groups excluding carboxylic acids is 2. The maximum Gasteiger partial charge on any atom is 0.416 e. The van der Waals surface area contributed by atoms with Crippen molar-refractivity contribution in [2.75, 3.05) is 25.7 Å². The highest BCUT2D eigenvalue weighted by Gasteiger charge is 2.48. The molecule has 0 radical (unpaired) electrons. The van der Waals surface area contributed by atoms with E-state index in [1.807, 2.05) is 6.07 Å². The molecule has 1 heterocycles. The lowest BCUT2D eigenvalue weighted by Crippen LogP contribution is -2.48. The van der Waals surface area contributed by atoms with Crippen LogP contribution in [0.4, 0.5) is 18.9 Å². The van der Waals surface area contributed by atoms with E-state index in [2.05, 4.69) is 0 Å². The van der Waals surface area contributed by atoms with Gasteiger partial charge >= 0.3 is 18.1 Å². The van der Waals surface area contributed by atoms with Crippen molar-refractivity contribution in [3.63, 3.8) is 0 Å². The Balaban J connectivity index is 2.28. The highest BCUT2D eigenvalue weighted by atomic mass is 19.4. The molecule has 1 N–H and O–H groups in total. The average molecular weight is 530 g/mol. The van der Waals surface area contributed by atoms with Crippen molar-refractivity contribution in [3.8, 4) is 6.07 Å². The minimum absolute atomic E-state index is 0.0352. The normalized spacial score (nSPS) is 18.6. The number of benzene rings is 2. The Bertz CT molecular complexity index is 1300. The molecule has 38 heavy (non-hydrogen) atoms. The summed E-state index contributed by atoms with van der Waals surface area (Å²) >= 11 is 0. The van der Waals surface area contributed by atoms with E-state index >= 15 is 0 Å². The minimum Gasteiger partial charge on any atom is -0.466 e. The van der Waals surface area contributed by atoms with Gasteiger partial charge in [0, 0.05) is 24.4 Å². The van der Waals surface area contributed by atoms with Crippen LogP contribution in [0.5, 0.6) is 0 Å². The number of ether oxygens (including phenoxy) is 3. The standard InChI is InChI=1S/C27H26F3N3O5/c1-15(14-36-3)38-26(35)23-22(18-10-8-17(13-31)9-11-18)21(25(34)37-4)16(2)33(24(23)32)20-7-5-6-19(12-20)27(28,29)30/h5-12,15,22-23,32H,14H2,1-4H3. The molecule has 0 amide bonds. The van der Waals surface area contributed by atoms with Crippen molar-refractivity contribution < 1.29 is 37.0 Å². The van der Waals surface area contributed by atoms with Gasteiger partial charge in [0.15, 0.2) is 0 Å². The molecular formula is C27H26F3N3O5. The molecule has 3 rings (SSSR count). The summed E-state index contributed by atoms with van der Waals surface area (Å²) in [7, 11) is 2.56. The first-order valence-corrected chi connectivity index (χ1v) is 11.5. The van der Waals surface area contributed by atoms with Crippen LogP contribution in [0.1, 0.15) is 36.5 Å². The number of amidine groups is 1. The SMILES string of the molecule is COCC(C)OC(=O)C1C(=N)N(c2cccc(C(F)(F)F)c2)C(C)=C(C(=O)OC)C1c1ccc(C#N)cc1. The monoisotopic (exact) mass is 529 g/mol. The van der Waals surface area contributed by atoms with Crippen molar-refractivity contribution in [2.24, 2.45) is 5.92 Å². The van der Waals surface area contributed by atoms with Crippen LogP contribution in [-0.4, -0.2) is 44.7 Å². The summed E-state index contributed by atoms with van der Waals surface area (Å²) in [4.78, 5) is 27.7. The number of hydrogen-bond acceptors (Lipinski definition) is 7. The van der Waals surface area contributed by atoms with Crippen LogP contribution in [0.25, 0.3) is 0 Å². The Kier molecular flexibility index (Phi) is 8.58. The molecule has 1 aliphatic rings. The van der Waals surface area contributed by atoms with Gasteiger partial charge in [-0.25, -0.2) is 4.79 Å². The summed E-state index contributed by atoms with van der Waals surface area (Å²) < 4.78 is 56.0. The van der Waals surface area contributed by atoms with E-state index in [0.29, 0.717) is 11.1 Å². The number of anilines is 1. The molecule has 200 valence electrons. The van der Waals surface area contributed by atoms with E-state index in [0.717, 1.165) is 24.1 Å². The number of esters is 2. The highest BCUT2D eigenvalue weighted by molar-refractivity contribution is 6.14. The number of allylic oxidation sites excluding steroid dienone is 1. The Morgan fingerprint density at radius 1 is 1.16 bits per heavy atom. The van der Waals surface area contributed by atoms with Crippen LogP contribution in [0.3, 0.4) is 0 Å². The second kappa shape index (κ2) is 11.5. The first-order chi connectivity index (χ1) is 17.9. The largest absolute Gasteiger partial charge is 0.466 e. The summed E-state index contributed by atoms with van der Waals surface area (Å²) in [6.45, 7) is 3.10. The van der Waals surface area contributed by atoms with Gasteiger partial charge in [0.05, 0.1) is 36.5 Å². The molecule has 0 bridgehead atoms. The maximum atomic E-state index is 13.5. The average Bonchev–Trinajstić information content (AvgIpc) is 2.87. The zero-order valence-corrected chi connectivity index (χ0v) is 21.1. The molecule has 0 aliphatic carbocycles. The second-order valence-electron chi connectivity index (χ2n) is 8.65. The highest BCUT2D eigenvalue weighted by Crippen LogP contribution is 2.44. The summed E-state index contributed by atoms with van der Waals surface area (Å²) in [5, 5.41) is 18.2. The fourth-order valence-electron chi connectivity index (χ4n) is 4.44. The van der Waals surface area contributed by atoms with Crippen molar-refractivity contribution in [1.29, 1.82) is 10.7 Å². The van der Waals surface area contributed by atoms with E-state index in [1.54, 1.807) is 19.1 Å². The fraction of sp³-hybridized carbons (Fsp3) is 0.333.